The van der Waals surface area contributed by atoms with Crippen molar-refractivity contribution in [3.05, 3.63) is 21.9 Å². The van der Waals surface area contributed by atoms with Crippen LogP contribution in [0.5, 0.6) is 0 Å². The molecule has 0 aromatic carbocycles. The van der Waals surface area contributed by atoms with Crippen LogP contribution >= 0.6 is 11.3 Å². The Morgan fingerprint density at radius 2 is 2.40 bits per heavy atom. The van der Waals surface area contributed by atoms with E-state index in [0.717, 1.165) is 5.92 Å². The Morgan fingerprint density at radius 1 is 1.60 bits per heavy atom. The molecule has 1 N–H and O–H groups in total. The summed E-state index contributed by atoms with van der Waals surface area (Å²) in [4.78, 5) is 1.17. The van der Waals surface area contributed by atoms with Crippen LogP contribution < -0.4 is 0 Å². The second-order valence-corrected chi connectivity index (χ2v) is 3.73. The topological polar surface area (TPSA) is 20.2 Å². The summed E-state index contributed by atoms with van der Waals surface area (Å²) in [5.74, 6) is 0.786. The van der Waals surface area contributed by atoms with E-state index in [0.29, 0.717) is 0 Å². The second-order valence-electron chi connectivity index (χ2n) is 2.73. The van der Waals surface area contributed by atoms with Gasteiger partial charge in [-0.25, -0.2) is 0 Å². The van der Waals surface area contributed by atoms with Crippen LogP contribution in [-0.4, -0.2) is 5.11 Å². The van der Waals surface area contributed by atoms with Crippen LogP contribution in [0.3, 0.4) is 0 Å². The van der Waals surface area contributed by atoms with Crippen LogP contribution in [0.4, 0.5) is 0 Å². The monoisotopic (exact) mass is 154 g/mol. The lowest BCUT2D eigenvalue weighted by atomic mass is 10.2. The van der Waals surface area contributed by atoms with Crippen molar-refractivity contribution >= 4 is 11.3 Å². The van der Waals surface area contributed by atoms with Gasteiger partial charge in [-0.2, -0.15) is 0 Å². The molecule has 0 unspecified atom stereocenters. The van der Waals surface area contributed by atoms with E-state index in [2.05, 4.69) is 11.4 Å². The molecule has 1 aliphatic rings. The molecule has 10 heavy (non-hydrogen) atoms. The fourth-order valence-corrected chi connectivity index (χ4v) is 2.06. The quantitative estimate of drug-likeness (QED) is 0.691. The highest BCUT2D eigenvalue weighted by atomic mass is 32.1. The standard InChI is InChI=1S/C8H10OS/c9-5-8-7(3-4-10-8)6-1-2-6/h3-4,6,9H,1-2,5H2. The lowest BCUT2D eigenvalue weighted by Gasteiger charge is -1.94. The predicted molar refractivity (Wildman–Crippen MR) is 42.2 cm³/mol. The molecule has 0 spiro atoms. The highest BCUT2D eigenvalue weighted by Gasteiger charge is 2.26. The Labute approximate surface area is 64.3 Å². The zero-order valence-corrected chi connectivity index (χ0v) is 6.53. The van der Waals surface area contributed by atoms with Gasteiger partial charge in [0.2, 0.25) is 0 Å². The fourth-order valence-electron chi connectivity index (χ4n) is 1.24. The van der Waals surface area contributed by atoms with Gasteiger partial charge in [0.05, 0.1) is 6.61 Å². The number of hydrogen-bond acceptors (Lipinski definition) is 2. The summed E-state index contributed by atoms with van der Waals surface area (Å²) in [6.07, 6.45) is 2.65. The molecule has 1 aromatic rings. The van der Waals surface area contributed by atoms with Gasteiger partial charge in [0, 0.05) is 4.88 Å². The van der Waals surface area contributed by atoms with Crippen LogP contribution in [-0.2, 0) is 6.61 Å². The van der Waals surface area contributed by atoms with E-state index in [1.807, 2.05) is 0 Å². The number of hydrogen-bond donors (Lipinski definition) is 1. The summed E-state index contributed by atoms with van der Waals surface area (Å²) in [5.41, 5.74) is 1.40. The van der Waals surface area contributed by atoms with Gasteiger partial charge < -0.3 is 5.11 Å². The molecule has 0 saturated heterocycles. The highest BCUT2D eigenvalue weighted by Crippen LogP contribution is 2.43. The van der Waals surface area contributed by atoms with E-state index in [1.165, 1.54) is 23.3 Å². The molecule has 0 amide bonds. The lowest BCUT2D eigenvalue weighted by molar-refractivity contribution is 0.284. The van der Waals surface area contributed by atoms with Crippen LogP contribution in [0.25, 0.3) is 0 Å². The maximum absolute atomic E-state index is 8.89. The fraction of sp³-hybridized carbons (Fsp3) is 0.500. The van der Waals surface area contributed by atoms with Gasteiger partial charge >= 0.3 is 0 Å². The zero-order chi connectivity index (χ0) is 6.97. The third-order valence-corrected chi connectivity index (χ3v) is 2.86. The van der Waals surface area contributed by atoms with Gasteiger partial charge in [-0.15, -0.1) is 11.3 Å². The van der Waals surface area contributed by atoms with Gasteiger partial charge in [0.1, 0.15) is 0 Å². The Balaban J connectivity index is 2.28. The van der Waals surface area contributed by atoms with Gasteiger partial charge in [-0.3, -0.25) is 0 Å². The van der Waals surface area contributed by atoms with E-state index in [1.54, 1.807) is 11.3 Å². The van der Waals surface area contributed by atoms with Crippen LogP contribution in [0.2, 0.25) is 0 Å². The van der Waals surface area contributed by atoms with E-state index in [-0.39, 0.29) is 6.61 Å². The van der Waals surface area contributed by atoms with E-state index >= 15 is 0 Å². The van der Waals surface area contributed by atoms with Gasteiger partial charge in [-0.05, 0) is 35.8 Å². The lowest BCUT2D eigenvalue weighted by Crippen LogP contribution is -1.82. The molecule has 1 heterocycles. The van der Waals surface area contributed by atoms with Crippen molar-refractivity contribution in [3.8, 4) is 0 Å². The zero-order valence-electron chi connectivity index (χ0n) is 5.71. The Bertz CT molecular complexity index is 225. The minimum Gasteiger partial charge on any atom is -0.391 e. The first-order valence-corrected chi connectivity index (χ1v) is 4.47. The molecular formula is C8H10OS. The molecular weight excluding hydrogens is 144 g/mol. The van der Waals surface area contributed by atoms with Gasteiger partial charge in [0.25, 0.3) is 0 Å². The normalized spacial score (nSPS) is 17.7. The van der Waals surface area contributed by atoms with Crippen molar-refractivity contribution in [3.63, 3.8) is 0 Å². The highest BCUT2D eigenvalue weighted by molar-refractivity contribution is 7.10. The predicted octanol–water partition coefficient (Wildman–Crippen LogP) is 2.12. The van der Waals surface area contributed by atoms with E-state index in [4.69, 9.17) is 5.11 Å². The van der Waals surface area contributed by atoms with Crippen LogP contribution in [0.1, 0.15) is 29.2 Å². The minimum atomic E-state index is 0.226. The second kappa shape index (κ2) is 2.36. The first-order valence-electron chi connectivity index (χ1n) is 3.59. The third-order valence-electron chi connectivity index (χ3n) is 1.94. The van der Waals surface area contributed by atoms with Gasteiger partial charge in [-0.1, -0.05) is 0 Å². The largest absolute Gasteiger partial charge is 0.391 e. The SMILES string of the molecule is OCc1sccc1C1CC1. The molecule has 1 saturated carbocycles. The van der Waals surface area contributed by atoms with E-state index < -0.39 is 0 Å². The average Bonchev–Trinajstić information content (AvgIpc) is 2.69. The molecule has 2 rings (SSSR count). The summed E-state index contributed by atoms with van der Waals surface area (Å²) in [6, 6.07) is 2.15. The maximum atomic E-state index is 8.89. The van der Waals surface area contributed by atoms with Crippen molar-refractivity contribution in [2.24, 2.45) is 0 Å². The molecule has 1 aromatic heterocycles. The molecule has 54 valence electrons. The van der Waals surface area contributed by atoms with Crippen molar-refractivity contribution in [2.45, 2.75) is 25.4 Å². The molecule has 1 aliphatic carbocycles. The first-order chi connectivity index (χ1) is 4.92. The molecule has 2 heteroatoms. The van der Waals surface area contributed by atoms with Crippen molar-refractivity contribution in [1.29, 1.82) is 0 Å². The Hall–Kier alpha value is -0.340. The smallest absolute Gasteiger partial charge is 0.0777 e. The Kier molecular flexibility index (Phi) is 1.51. The van der Waals surface area contributed by atoms with E-state index in [9.17, 15) is 0 Å². The summed E-state index contributed by atoms with van der Waals surface area (Å²) in [7, 11) is 0. The van der Waals surface area contributed by atoms with Gasteiger partial charge in [0.15, 0.2) is 0 Å². The maximum Gasteiger partial charge on any atom is 0.0777 e. The first kappa shape index (κ1) is 6.38. The molecule has 1 fully saturated rings. The van der Waals surface area contributed by atoms with Crippen molar-refractivity contribution in [2.75, 3.05) is 0 Å². The number of aliphatic hydroxyl groups is 1. The summed E-state index contributed by atoms with van der Waals surface area (Å²) < 4.78 is 0. The molecule has 0 aliphatic heterocycles. The van der Waals surface area contributed by atoms with Crippen LogP contribution in [0.15, 0.2) is 11.4 Å². The molecule has 0 atom stereocenters. The third kappa shape index (κ3) is 0.976. The molecule has 0 radical (unpaired) electrons. The number of aliphatic hydroxyl groups excluding tert-OH is 1. The number of rotatable bonds is 2. The minimum absolute atomic E-state index is 0.226. The summed E-state index contributed by atoms with van der Waals surface area (Å²) in [6.45, 7) is 0.226. The average molecular weight is 154 g/mol. The molecule has 0 bridgehead atoms. The summed E-state index contributed by atoms with van der Waals surface area (Å²) >= 11 is 1.67. The summed E-state index contributed by atoms with van der Waals surface area (Å²) in [5, 5.41) is 11.0. The Morgan fingerprint density at radius 3 is 3.00 bits per heavy atom. The van der Waals surface area contributed by atoms with Crippen molar-refractivity contribution < 1.29 is 5.11 Å². The van der Waals surface area contributed by atoms with Crippen molar-refractivity contribution in [1.82, 2.24) is 0 Å². The van der Waals surface area contributed by atoms with Crippen LogP contribution in [0, 0.1) is 0 Å². The molecule has 1 nitrogen and oxygen atoms in total. The number of thiophene rings is 1.